The molecular formula is C24H24N2O4. The highest BCUT2D eigenvalue weighted by molar-refractivity contribution is 5.98. The number of Topliss-reactive ketones (excluding diaryl/α,β-unsaturated/α-hetero) is 1. The van der Waals surface area contributed by atoms with Crippen LogP contribution in [0.3, 0.4) is 0 Å². The van der Waals surface area contributed by atoms with Gasteiger partial charge in [-0.25, -0.2) is 0 Å². The Morgan fingerprint density at radius 3 is 1.87 bits per heavy atom. The lowest BCUT2D eigenvalue weighted by atomic mass is 9.87. The number of amides is 2. The summed E-state index contributed by atoms with van der Waals surface area (Å²) in [6.07, 6.45) is 0. The van der Waals surface area contributed by atoms with Gasteiger partial charge in [-0.2, -0.15) is 0 Å². The average Bonchev–Trinajstić information content (AvgIpc) is 3.21. The highest BCUT2D eigenvalue weighted by Crippen LogP contribution is 2.23. The summed E-state index contributed by atoms with van der Waals surface area (Å²) in [5.74, 6) is -0.468. The summed E-state index contributed by atoms with van der Waals surface area (Å²) in [5, 5.41) is 0. The highest BCUT2D eigenvalue weighted by atomic mass is 16.4. The second kappa shape index (κ2) is 8.37. The quantitative estimate of drug-likeness (QED) is 0.494. The summed E-state index contributed by atoms with van der Waals surface area (Å²) in [6, 6.07) is 17.3. The van der Waals surface area contributed by atoms with E-state index in [4.69, 9.17) is 4.42 Å². The zero-order valence-electron chi connectivity index (χ0n) is 17.4. The van der Waals surface area contributed by atoms with Crippen molar-refractivity contribution >= 4 is 17.6 Å². The van der Waals surface area contributed by atoms with Gasteiger partial charge in [-0.1, -0.05) is 57.2 Å². The average molecular weight is 404 g/mol. The zero-order chi connectivity index (χ0) is 21.9. The van der Waals surface area contributed by atoms with Gasteiger partial charge in [0.2, 0.25) is 0 Å². The number of carbonyl (C=O) groups is 3. The van der Waals surface area contributed by atoms with Crippen LogP contribution in [0.2, 0.25) is 0 Å². The largest absolute Gasteiger partial charge is 0.451 e. The third kappa shape index (κ3) is 4.84. The van der Waals surface area contributed by atoms with Crippen molar-refractivity contribution in [1.82, 2.24) is 10.9 Å². The topological polar surface area (TPSA) is 88.4 Å². The van der Waals surface area contributed by atoms with Crippen molar-refractivity contribution in [1.29, 1.82) is 0 Å². The van der Waals surface area contributed by atoms with Gasteiger partial charge in [-0.05, 0) is 42.2 Å². The standard InChI is InChI=1S/C24H24N2O4/c1-15(27)16-5-7-17(8-6-16)20-13-14-21(30-20)23(29)26-25-22(28)18-9-11-19(12-10-18)24(2,3)4/h5-14H,1-4H3,(H,25,28)(H,26,29). The number of benzene rings is 2. The Labute approximate surface area is 175 Å². The summed E-state index contributed by atoms with van der Waals surface area (Å²) < 4.78 is 5.57. The number of nitrogens with one attached hydrogen (secondary N) is 2. The van der Waals surface area contributed by atoms with Crippen LogP contribution in [0.25, 0.3) is 11.3 Å². The van der Waals surface area contributed by atoms with Crippen LogP contribution in [0.4, 0.5) is 0 Å². The Morgan fingerprint density at radius 2 is 1.30 bits per heavy atom. The lowest BCUT2D eigenvalue weighted by molar-refractivity contribution is 0.0831. The Bertz CT molecular complexity index is 1070. The van der Waals surface area contributed by atoms with Crippen LogP contribution >= 0.6 is 0 Å². The summed E-state index contributed by atoms with van der Waals surface area (Å²) >= 11 is 0. The molecule has 6 nitrogen and oxygen atoms in total. The van der Waals surface area contributed by atoms with E-state index in [1.54, 1.807) is 42.5 Å². The lowest BCUT2D eigenvalue weighted by Crippen LogP contribution is -2.41. The first-order valence-corrected chi connectivity index (χ1v) is 9.57. The molecule has 0 saturated carbocycles. The van der Waals surface area contributed by atoms with Crippen molar-refractivity contribution in [2.24, 2.45) is 0 Å². The molecule has 3 aromatic rings. The van der Waals surface area contributed by atoms with Gasteiger partial charge in [0.05, 0.1) is 0 Å². The fourth-order valence-corrected chi connectivity index (χ4v) is 2.85. The number of rotatable bonds is 4. The molecule has 0 bridgehead atoms. The fraction of sp³-hybridized carbons (Fsp3) is 0.208. The summed E-state index contributed by atoms with van der Waals surface area (Å²) in [7, 11) is 0. The van der Waals surface area contributed by atoms with Crippen LogP contribution in [0.5, 0.6) is 0 Å². The third-order valence-corrected chi connectivity index (χ3v) is 4.71. The molecule has 6 heteroatoms. The monoisotopic (exact) mass is 404 g/mol. The molecule has 0 aliphatic carbocycles. The van der Waals surface area contributed by atoms with E-state index >= 15 is 0 Å². The Balaban J connectivity index is 1.61. The van der Waals surface area contributed by atoms with Gasteiger partial charge in [0.1, 0.15) is 5.76 Å². The molecule has 2 N–H and O–H groups in total. The normalized spacial score (nSPS) is 11.1. The van der Waals surface area contributed by atoms with Crippen molar-refractivity contribution in [3.63, 3.8) is 0 Å². The number of hydrogen-bond acceptors (Lipinski definition) is 4. The van der Waals surface area contributed by atoms with Crippen molar-refractivity contribution in [3.8, 4) is 11.3 Å². The molecule has 30 heavy (non-hydrogen) atoms. The van der Waals surface area contributed by atoms with Crippen LogP contribution in [0.1, 0.15) is 64.5 Å². The number of hydrazine groups is 1. The maximum Gasteiger partial charge on any atom is 0.305 e. The van der Waals surface area contributed by atoms with E-state index in [0.717, 1.165) is 11.1 Å². The van der Waals surface area contributed by atoms with Gasteiger partial charge in [0.25, 0.3) is 5.91 Å². The zero-order valence-corrected chi connectivity index (χ0v) is 17.4. The molecule has 154 valence electrons. The van der Waals surface area contributed by atoms with E-state index in [9.17, 15) is 14.4 Å². The second-order valence-electron chi connectivity index (χ2n) is 8.03. The van der Waals surface area contributed by atoms with E-state index < -0.39 is 11.8 Å². The first-order chi connectivity index (χ1) is 14.1. The molecule has 0 fully saturated rings. The van der Waals surface area contributed by atoms with Crippen LogP contribution in [-0.2, 0) is 5.41 Å². The Morgan fingerprint density at radius 1 is 0.733 bits per heavy atom. The van der Waals surface area contributed by atoms with Gasteiger partial charge in [0, 0.05) is 16.7 Å². The molecule has 0 saturated heterocycles. The minimum atomic E-state index is -0.568. The fourth-order valence-electron chi connectivity index (χ4n) is 2.85. The minimum absolute atomic E-state index is 0.00733. The van der Waals surface area contributed by atoms with E-state index in [-0.39, 0.29) is 17.0 Å². The highest BCUT2D eigenvalue weighted by Gasteiger charge is 2.16. The van der Waals surface area contributed by atoms with Crippen molar-refractivity contribution in [2.75, 3.05) is 0 Å². The van der Waals surface area contributed by atoms with Crippen molar-refractivity contribution < 1.29 is 18.8 Å². The number of hydrogen-bond donors (Lipinski definition) is 2. The van der Waals surface area contributed by atoms with E-state index in [0.29, 0.717) is 16.9 Å². The predicted molar refractivity (Wildman–Crippen MR) is 114 cm³/mol. The Hall–Kier alpha value is -3.67. The first-order valence-electron chi connectivity index (χ1n) is 9.57. The maximum atomic E-state index is 12.3. The smallest absolute Gasteiger partial charge is 0.305 e. The minimum Gasteiger partial charge on any atom is -0.451 e. The van der Waals surface area contributed by atoms with Crippen molar-refractivity contribution in [3.05, 3.63) is 83.1 Å². The Kier molecular flexibility index (Phi) is 5.87. The number of carbonyl (C=O) groups excluding carboxylic acids is 3. The lowest BCUT2D eigenvalue weighted by Gasteiger charge is -2.19. The van der Waals surface area contributed by atoms with Gasteiger partial charge >= 0.3 is 5.91 Å². The van der Waals surface area contributed by atoms with Crippen LogP contribution in [0.15, 0.2) is 65.1 Å². The van der Waals surface area contributed by atoms with Gasteiger partial charge in [0.15, 0.2) is 11.5 Å². The molecule has 3 rings (SSSR count). The summed E-state index contributed by atoms with van der Waals surface area (Å²) in [5.41, 5.74) is 7.62. The third-order valence-electron chi connectivity index (χ3n) is 4.71. The van der Waals surface area contributed by atoms with E-state index in [2.05, 4.69) is 31.6 Å². The molecular weight excluding hydrogens is 380 g/mol. The molecule has 0 unspecified atom stereocenters. The molecule has 0 spiro atoms. The molecule has 0 radical (unpaired) electrons. The molecule has 2 aromatic carbocycles. The van der Waals surface area contributed by atoms with Crippen LogP contribution in [-0.4, -0.2) is 17.6 Å². The van der Waals surface area contributed by atoms with Gasteiger partial charge < -0.3 is 4.42 Å². The van der Waals surface area contributed by atoms with Gasteiger partial charge in [-0.15, -0.1) is 0 Å². The molecule has 1 heterocycles. The molecule has 0 aliphatic rings. The van der Waals surface area contributed by atoms with Crippen molar-refractivity contribution in [2.45, 2.75) is 33.1 Å². The maximum absolute atomic E-state index is 12.3. The molecule has 1 aromatic heterocycles. The molecule has 2 amide bonds. The van der Waals surface area contributed by atoms with Gasteiger partial charge in [-0.3, -0.25) is 25.2 Å². The SMILES string of the molecule is CC(=O)c1ccc(-c2ccc(C(=O)NNC(=O)c3ccc(C(C)(C)C)cc3)o2)cc1. The second-order valence-corrected chi connectivity index (χ2v) is 8.03. The number of ketones is 1. The number of furan rings is 1. The van der Waals surface area contributed by atoms with E-state index in [1.807, 2.05) is 12.1 Å². The summed E-state index contributed by atoms with van der Waals surface area (Å²) in [6.45, 7) is 7.78. The van der Waals surface area contributed by atoms with E-state index in [1.165, 1.54) is 13.0 Å². The predicted octanol–water partition coefficient (Wildman–Crippen LogP) is 4.52. The summed E-state index contributed by atoms with van der Waals surface area (Å²) in [4.78, 5) is 35.9. The molecule has 0 atom stereocenters. The first kappa shape index (κ1) is 21.0. The van der Waals surface area contributed by atoms with Crippen LogP contribution < -0.4 is 10.9 Å². The molecule has 0 aliphatic heterocycles. The van der Waals surface area contributed by atoms with Crippen LogP contribution in [0, 0.1) is 0 Å².